The van der Waals surface area contributed by atoms with Gasteiger partial charge in [0.05, 0.1) is 27.0 Å². The fraction of sp³-hybridized carbons (Fsp3) is 0.214. The summed E-state index contributed by atoms with van der Waals surface area (Å²) in [4.78, 5) is 37.1. The molecule has 0 radical (unpaired) electrons. The standard InChI is InChI=1S/C42H41N3O5/c1-48-38-26-32(27-39(49-2)41(38)50-3)18-21-40(46)45(28-31-16-19-34(20-17-31)36-15-9-10-23-43-36)37(25-30-11-5-4-6-12-30)42(47)44-24-22-33-13-7-8-14-35(33)29-44/h4-21,23,26-27,37H,22,24-25,28-29H2,1-3H3/b21-18+/t37-/m0/s1. The van der Waals surface area contributed by atoms with Crippen molar-refractivity contribution in [3.8, 4) is 28.5 Å². The molecule has 4 aromatic carbocycles. The molecular formula is C42H41N3O5. The number of fused-ring (bicyclic) bond motifs is 1. The molecule has 0 fully saturated rings. The lowest BCUT2D eigenvalue weighted by atomic mass is 9.97. The molecule has 1 aromatic heterocycles. The van der Waals surface area contributed by atoms with Crippen molar-refractivity contribution in [3.05, 3.63) is 149 Å². The molecule has 2 amide bonds. The van der Waals surface area contributed by atoms with Crippen LogP contribution in [0.5, 0.6) is 17.2 Å². The number of carbonyl (C=O) groups excluding carboxylic acids is 2. The molecule has 0 N–H and O–H groups in total. The van der Waals surface area contributed by atoms with Gasteiger partial charge < -0.3 is 24.0 Å². The van der Waals surface area contributed by atoms with Gasteiger partial charge in [-0.3, -0.25) is 14.6 Å². The Balaban J connectivity index is 1.37. The summed E-state index contributed by atoms with van der Waals surface area (Å²) >= 11 is 0. The molecule has 0 spiro atoms. The van der Waals surface area contributed by atoms with E-state index in [1.807, 2.05) is 89.8 Å². The number of rotatable bonds is 12. The number of hydrogen-bond acceptors (Lipinski definition) is 6. The third-order valence-corrected chi connectivity index (χ3v) is 9.03. The summed E-state index contributed by atoms with van der Waals surface area (Å²) in [6.45, 7) is 1.32. The first-order chi connectivity index (χ1) is 24.5. The monoisotopic (exact) mass is 667 g/mol. The second-order valence-electron chi connectivity index (χ2n) is 12.2. The highest BCUT2D eigenvalue weighted by Gasteiger charge is 2.34. The highest BCUT2D eigenvalue weighted by atomic mass is 16.5. The molecule has 5 aromatic rings. The number of methoxy groups -OCH3 is 3. The molecule has 1 aliphatic rings. The topological polar surface area (TPSA) is 81.2 Å². The molecule has 0 unspecified atom stereocenters. The van der Waals surface area contributed by atoms with Gasteiger partial charge in [0.1, 0.15) is 6.04 Å². The van der Waals surface area contributed by atoms with Crippen molar-refractivity contribution in [2.24, 2.45) is 0 Å². The van der Waals surface area contributed by atoms with Crippen LogP contribution < -0.4 is 14.2 Å². The first-order valence-corrected chi connectivity index (χ1v) is 16.7. The van der Waals surface area contributed by atoms with E-state index in [9.17, 15) is 9.59 Å². The summed E-state index contributed by atoms with van der Waals surface area (Å²) in [5.41, 5.74) is 6.78. The van der Waals surface area contributed by atoms with Crippen LogP contribution in [0.1, 0.15) is 27.8 Å². The Kier molecular flexibility index (Phi) is 10.9. The van der Waals surface area contributed by atoms with Crippen molar-refractivity contribution in [1.82, 2.24) is 14.8 Å². The Morgan fingerprint density at radius 1 is 0.800 bits per heavy atom. The van der Waals surface area contributed by atoms with Gasteiger partial charge in [0.2, 0.25) is 17.6 Å². The summed E-state index contributed by atoms with van der Waals surface area (Å²) in [5, 5.41) is 0. The smallest absolute Gasteiger partial charge is 0.247 e. The van der Waals surface area contributed by atoms with Gasteiger partial charge >= 0.3 is 0 Å². The van der Waals surface area contributed by atoms with Crippen LogP contribution in [0.2, 0.25) is 0 Å². The minimum Gasteiger partial charge on any atom is -0.493 e. The van der Waals surface area contributed by atoms with E-state index < -0.39 is 6.04 Å². The van der Waals surface area contributed by atoms with Crippen LogP contribution in [0.15, 0.2) is 121 Å². The minimum atomic E-state index is -0.754. The van der Waals surface area contributed by atoms with E-state index in [-0.39, 0.29) is 18.4 Å². The van der Waals surface area contributed by atoms with Crippen LogP contribution in [0.3, 0.4) is 0 Å². The molecule has 50 heavy (non-hydrogen) atoms. The molecule has 8 heteroatoms. The van der Waals surface area contributed by atoms with Crippen molar-refractivity contribution in [2.75, 3.05) is 27.9 Å². The molecule has 254 valence electrons. The van der Waals surface area contributed by atoms with Crippen LogP contribution in [0, 0.1) is 0 Å². The van der Waals surface area contributed by atoms with E-state index in [1.54, 1.807) is 50.6 Å². The number of hydrogen-bond donors (Lipinski definition) is 0. The van der Waals surface area contributed by atoms with Crippen molar-refractivity contribution in [1.29, 1.82) is 0 Å². The Hall–Kier alpha value is -5.89. The number of carbonyl (C=O) groups is 2. The highest BCUT2D eigenvalue weighted by Crippen LogP contribution is 2.38. The maximum Gasteiger partial charge on any atom is 0.247 e. The van der Waals surface area contributed by atoms with Gasteiger partial charge in [-0.15, -0.1) is 0 Å². The lowest BCUT2D eigenvalue weighted by Gasteiger charge is -2.37. The highest BCUT2D eigenvalue weighted by molar-refractivity contribution is 5.96. The zero-order valence-corrected chi connectivity index (χ0v) is 28.6. The second-order valence-corrected chi connectivity index (χ2v) is 12.2. The van der Waals surface area contributed by atoms with Crippen LogP contribution in [-0.2, 0) is 35.5 Å². The Morgan fingerprint density at radius 2 is 1.48 bits per heavy atom. The largest absolute Gasteiger partial charge is 0.493 e. The van der Waals surface area contributed by atoms with Crippen LogP contribution in [0.25, 0.3) is 17.3 Å². The van der Waals surface area contributed by atoms with Gasteiger partial charge in [-0.05, 0) is 64.6 Å². The molecule has 0 bridgehead atoms. The van der Waals surface area contributed by atoms with E-state index in [2.05, 4.69) is 17.1 Å². The third kappa shape index (κ3) is 7.87. The molecule has 0 saturated heterocycles. The molecule has 1 atom stereocenters. The number of aromatic nitrogens is 1. The molecular weight excluding hydrogens is 626 g/mol. The van der Waals surface area contributed by atoms with Crippen molar-refractivity contribution in [3.63, 3.8) is 0 Å². The van der Waals surface area contributed by atoms with Crippen molar-refractivity contribution >= 4 is 17.9 Å². The van der Waals surface area contributed by atoms with Crippen molar-refractivity contribution < 1.29 is 23.8 Å². The quantitative estimate of drug-likeness (QED) is 0.133. The summed E-state index contributed by atoms with van der Waals surface area (Å²) in [7, 11) is 4.65. The van der Waals surface area contributed by atoms with Gasteiger partial charge in [-0.2, -0.15) is 0 Å². The fourth-order valence-electron chi connectivity index (χ4n) is 6.38. The van der Waals surface area contributed by atoms with E-state index >= 15 is 0 Å². The number of ether oxygens (including phenoxy) is 3. The zero-order chi connectivity index (χ0) is 34.9. The van der Waals surface area contributed by atoms with E-state index in [4.69, 9.17) is 14.2 Å². The first-order valence-electron chi connectivity index (χ1n) is 16.7. The number of amides is 2. The summed E-state index contributed by atoms with van der Waals surface area (Å²) < 4.78 is 16.5. The predicted molar refractivity (Wildman–Crippen MR) is 195 cm³/mol. The average molecular weight is 668 g/mol. The van der Waals surface area contributed by atoms with E-state index in [0.29, 0.717) is 42.3 Å². The van der Waals surface area contributed by atoms with Gasteiger partial charge in [0.25, 0.3) is 0 Å². The normalized spacial score (nSPS) is 13.0. The van der Waals surface area contributed by atoms with Crippen LogP contribution in [-0.4, -0.2) is 60.5 Å². The maximum atomic E-state index is 14.7. The molecule has 6 rings (SSSR count). The second kappa shape index (κ2) is 16.0. The molecule has 8 nitrogen and oxygen atoms in total. The SMILES string of the molecule is COc1cc(/C=C/C(=O)N(Cc2ccc(-c3ccccn3)cc2)[C@@H](Cc2ccccc2)C(=O)N2CCc3ccccc3C2)cc(OC)c1OC. The summed E-state index contributed by atoms with van der Waals surface area (Å²) in [5.74, 6) is 1.05. The number of pyridine rings is 1. The lowest BCUT2D eigenvalue weighted by molar-refractivity contribution is -0.144. The number of nitrogens with zero attached hydrogens (tertiary/aromatic N) is 3. The van der Waals surface area contributed by atoms with Crippen LogP contribution in [0.4, 0.5) is 0 Å². The van der Waals surface area contributed by atoms with Gasteiger partial charge in [0, 0.05) is 43.9 Å². The van der Waals surface area contributed by atoms with Gasteiger partial charge in [-0.25, -0.2) is 0 Å². The van der Waals surface area contributed by atoms with Crippen molar-refractivity contribution in [2.45, 2.75) is 32.0 Å². The Labute approximate surface area is 293 Å². The summed E-state index contributed by atoms with van der Waals surface area (Å²) in [6, 6.07) is 34.7. The van der Waals surface area contributed by atoms with E-state index in [1.165, 1.54) is 11.6 Å². The predicted octanol–water partition coefficient (Wildman–Crippen LogP) is 7.01. The maximum absolute atomic E-state index is 14.7. The first kappa shape index (κ1) is 34.0. The zero-order valence-electron chi connectivity index (χ0n) is 28.6. The number of benzene rings is 4. The Bertz CT molecular complexity index is 1920. The molecule has 1 aliphatic heterocycles. The lowest BCUT2D eigenvalue weighted by Crippen LogP contribution is -2.52. The third-order valence-electron chi connectivity index (χ3n) is 9.03. The van der Waals surface area contributed by atoms with Gasteiger partial charge in [-0.1, -0.05) is 84.9 Å². The van der Waals surface area contributed by atoms with Crippen LogP contribution >= 0.6 is 0 Å². The van der Waals surface area contributed by atoms with Gasteiger partial charge in [0.15, 0.2) is 11.5 Å². The average Bonchev–Trinajstić information content (AvgIpc) is 3.18. The molecule has 0 aliphatic carbocycles. The minimum absolute atomic E-state index is 0.0806. The van der Waals surface area contributed by atoms with E-state index in [0.717, 1.165) is 34.4 Å². The fourth-order valence-corrected chi connectivity index (χ4v) is 6.38. The molecule has 0 saturated carbocycles. The Morgan fingerprint density at radius 3 is 2.14 bits per heavy atom. The molecule has 2 heterocycles. The summed E-state index contributed by atoms with van der Waals surface area (Å²) in [6.07, 6.45) is 6.13.